The molecule has 140 valence electrons. The lowest BCUT2D eigenvalue weighted by molar-refractivity contribution is 0.0936. The molecule has 3 aromatic rings. The zero-order valence-electron chi connectivity index (χ0n) is 14.8. The second-order valence-electron chi connectivity index (χ2n) is 6.89. The van der Waals surface area contributed by atoms with E-state index < -0.39 is 0 Å². The van der Waals surface area contributed by atoms with E-state index in [2.05, 4.69) is 35.2 Å². The van der Waals surface area contributed by atoms with E-state index in [0.717, 1.165) is 42.7 Å². The van der Waals surface area contributed by atoms with E-state index in [1.807, 2.05) is 5.38 Å². The Bertz CT molecular complexity index is 963. The zero-order chi connectivity index (χ0) is 18.2. The van der Waals surface area contributed by atoms with Crippen molar-refractivity contribution in [3.8, 4) is 0 Å². The first-order chi connectivity index (χ1) is 13.3. The van der Waals surface area contributed by atoms with Crippen molar-refractivity contribution in [2.24, 2.45) is 0 Å². The van der Waals surface area contributed by atoms with Crippen LogP contribution in [-0.4, -0.2) is 62.7 Å². The molecular formula is C17H20N8OS. The number of rotatable bonds is 4. The summed E-state index contributed by atoms with van der Waals surface area (Å²) in [6.07, 6.45) is 8.31. The van der Waals surface area contributed by atoms with Crippen LogP contribution in [0.25, 0.3) is 5.65 Å². The second-order valence-corrected chi connectivity index (χ2v) is 7.73. The van der Waals surface area contributed by atoms with Crippen LogP contribution < -0.4 is 15.1 Å². The van der Waals surface area contributed by atoms with Crippen LogP contribution in [0, 0.1) is 0 Å². The standard InChI is InChI=1S/C17H20N8OS/c26-16(13-10-27-17(22-13)23-5-1-2-6-23)21-12-3-7-24(9-12)14-15-18-4-8-25(15)20-11-19-14/h4,8,10-12H,1-3,5-7,9H2,(H,21,26)/t12-/m0/s1. The maximum Gasteiger partial charge on any atom is 0.271 e. The molecule has 1 atom stereocenters. The van der Waals surface area contributed by atoms with Gasteiger partial charge in [0.15, 0.2) is 16.6 Å². The molecule has 2 aliphatic rings. The molecule has 0 aliphatic carbocycles. The first kappa shape index (κ1) is 16.4. The van der Waals surface area contributed by atoms with Crippen molar-refractivity contribution < 1.29 is 4.79 Å². The number of thiazole rings is 1. The smallest absolute Gasteiger partial charge is 0.271 e. The molecule has 0 unspecified atom stereocenters. The summed E-state index contributed by atoms with van der Waals surface area (Å²) < 4.78 is 1.71. The monoisotopic (exact) mass is 384 g/mol. The maximum absolute atomic E-state index is 12.6. The molecule has 0 aromatic carbocycles. The minimum absolute atomic E-state index is 0.0689. The largest absolute Gasteiger partial charge is 0.351 e. The minimum atomic E-state index is -0.0998. The zero-order valence-corrected chi connectivity index (χ0v) is 15.6. The Labute approximate surface area is 160 Å². The summed E-state index contributed by atoms with van der Waals surface area (Å²) in [6.45, 7) is 3.59. The van der Waals surface area contributed by atoms with Crippen molar-refractivity contribution in [3.63, 3.8) is 0 Å². The number of amides is 1. The summed E-state index contributed by atoms with van der Waals surface area (Å²) in [5.74, 6) is 0.703. The van der Waals surface area contributed by atoms with Gasteiger partial charge in [0, 0.05) is 50.0 Å². The summed E-state index contributed by atoms with van der Waals surface area (Å²) in [6, 6.07) is 0.0689. The number of hydrogen-bond donors (Lipinski definition) is 1. The molecule has 5 heterocycles. The molecule has 0 bridgehead atoms. The van der Waals surface area contributed by atoms with Gasteiger partial charge in [-0.15, -0.1) is 11.3 Å². The van der Waals surface area contributed by atoms with Crippen LogP contribution in [0.1, 0.15) is 29.8 Å². The van der Waals surface area contributed by atoms with E-state index in [9.17, 15) is 4.79 Å². The number of nitrogens with zero attached hydrogens (tertiary/aromatic N) is 7. The molecule has 0 radical (unpaired) electrons. The fourth-order valence-electron chi connectivity index (χ4n) is 3.72. The Morgan fingerprint density at radius 2 is 2.07 bits per heavy atom. The maximum atomic E-state index is 12.6. The fourth-order valence-corrected chi connectivity index (χ4v) is 4.58. The predicted octanol–water partition coefficient (Wildman–Crippen LogP) is 1.19. The second kappa shape index (κ2) is 6.76. The molecule has 0 saturated carbocycles. The molecule has 10 heteroatoms. The van der Waals surface area contributed by atoms with Gasteiger partial charge in [0.05, 0.1) is 0 Å². The molecule has 2 fully saturated rings. The van der Waals surface area contributed by atoms with Gasteiger partial charge in [0.1, 0.15) is 12.0 Å². The summed E-state index contributed by atoms with van der Waals surface area (Å²) in [5.41, 5.74) is 1.25. The number of aromatic nitrogens is 5. The molecule has 5 rings (SSSR count). The Morgan fingerprint density at radius 1 is 1.19 bits per heavy atom. The van der Waals surface area contributed by atoms with E-state index in [1.165, 1.54) is 19.2 Å². The SMILES string of the molecule is O=C(N[C@H]1CCN(c2ncnn3ccnc23)C1)c1csc(N2CCCC2)n1. The van der Waals surface area contributed by atoms with Crippen LogP contribution in [0.15, 0.2) is 24.1 Å². The van der Waals surface area contributed by atoms with Crippen molar-refractivity contribution in [2.75, 3.05) is 36.0 Å². The Hall–Kier alpha value is -2.75. The van der Waals surface area contributed by atoms with Crippen molar-refractivity contribution >= 4 is 33.8 Å². The summed E-state index contributed by atoms with van der Waals surface area (Å²) in [4.78, 5) is 30.2. The molecule has 1 amide bonds. The number of hydrogen-bond acceptors (Lipinski definition) is 8. The highest BCUT2D eigenvalue weighted by Gasteiger charge is 2.28. The van der Waals surface area contributed by atoms with Gasteiger partial charge in [0.2, 0.25) is 0 Å². The van der Waals surface area contributed by atoms with Gasteiger partial charge in [-0.05, 0) is 19.3 Å². The number of imidazole rings is 1. The highest BCUT2D eigenvalue weighted by molar-refractivity contribution is 7.13. The summed E-state index contributed by atoms with van der Waals surface area (Å²) in [7, 11) is 0. The van der Waals surface area contributed by atoms with Gasteiger partial charge in [-0.3, -0.25) is 4.79 Å². The van der Waals surface area contributed by atoms with E-state index in [0.29, 0.717) is 12.2 Å². The highest BCUT2D eigenvalue weighted by atomic mass is 32.1. The lowest BCUT2D eigenvalue weighted by atomic mass is 10.2. The van der Waals surface area contributed by atoms with Crippen molar-refractivity contribution in [3.05, 3.63) is 29.8 Å². The average Bonchev–Trinajstić information content (AvgIpc) is 3.48. The Morgan fingerprint density at radius 3 is 2.96 bits per heavy atom. The molecule has 0 spiro atoms. The first-order valence-corrected chi connectivity index (χ1v) is 10.1. The quantitative estimate of drug-likeness (QED) is 0.722. The summed E-state index contributed by atoms with van der Waals surface area (Å²) >= 11 is 1.55. The van der Waals surface area contributed by atoms with Crippen LogP contribution in [0.3, 0.4) is 0 Å². The number of carbonyl (C=O) groups excluding carboxylic acids is 1. The molecular weight excluding hydrogens is 364 g/mol. The predicted molar refractivity (Wildman–Crippen MR) is 102 cm³/mol. The third kappa shape index (κ3) is 3.09. The number of anilines is 2. The van der Waals surface area contributed by atoms with Gasteiger partial charge in [-0.25, -0.2) is 19.5 Å². The van der Waals surface area contributed by atoms with Gasteiger partial charge in [0.25, 0.3) is 5.91 Å². The van der Waals surface area contributed by atoms with E-state index in [1.54, 1.807) is 28.2 Å². The van der Waals surface area contributed by atoms with Crippen molar-refractivity contribution in [1.29, 1.82) is 0 Å². The van der Waals surface area contributed by atoms with Crippen LogP contribution >= 0.6 is 11.3 Å². The third-order valence-electron chi connectivity index (χ3n) is 5.10. The van der Waals surface area contributed by atoms with Gasteiger partial charge in [-0.2, -0.15) is 5.10 Å². The van der Waals surface area contributed by atoms with E-state index in [4.69, 9.17) is 0 Å². The molecule has 3 aromatic heterocycles. The normalized spacial score (nSPS) is 19.9. The van der Waals surface area contributed by atoms with E-state index in [-0.39, 0.29) is 11.9 Å². The number of fused-ring (bicyclic) bond motifs is 1. The molecule has 1 N–H and O–H groups in total. The van der Waals surface area contributed by atoms with Crippen LogP contribution in [0.2, 0.25) is 0 Å². The number of nitrogens with one attached hydrogen (secondary N) is 1. The van der Waals surface area contributed by atoms with Gasteiger partial charge in [-0.1, -0.05) is 0 Å². The lowest BCUT2D eigenvalue weighted by Crippen LogP contribution is -2.37. The molecule has 2 saturated heterocycles. The fraction of sp³-hybridized carbons (Fsp3) is 0.471. The lowest BCUT2D eigenvalue weighted by Gasteiger charge is -2.17. The Balaban J connectivity index is 1.24. The third-order valence-corrected chi connectivity index (χ3v) is 6.00. The molecule has 9 nitrogen and oxygen atoms in total. The number of carbonyl (C=O) groups is 1. The van der Waals surface area contributed by atoms with Crippen LogP contribution in [0.4, 0.5) is 10.9 Å². The molecule has 2 aliphatic heterocycles. The van der Waals surface area contributed by atoms with Crippen LogP contribution in [-0.2, 0) is 0 Å². The Kier molecular flexibility index (Phi) is 4.12. The van der Waals surface area contributed by atoms with E-state index >= 15 is 0 Å². The first-order valence-electron chi connectivity index (χ1n) is 9.18. The minimum Gasteiger partial charge on any atom is -0.351 e. The topological polar surface area (TPSA) is 91.5 Å². The molecule has 27 heavy (non-hydrogen) atoms. The van der Waals surface area contributed by atoms with Gasteiger partial charge < -0.3 is 15.1 Å². The van der Waals surface area contributed by atoms with Crippen molar-refractivity contribution in [2.45, 2.75) is 25.3 Å². The average molecular weight is 384 g/mol. The summed E-state index contributed by atoms with van der Waals surface area (Å²) in [5, 5.41) is 10.1. The van der Waals surface area contributed by atoms with Crippen molar-refractivity contribution in [1.82, 2.24) is 29.9 Å². The van der Waals surface area contributed by atoms with Gasteiger partial charge >= 0.3 is 0 Å². The highest BCUT2D eigenvalue weighted by Crippen LogP contribution is 2.25. The van der Waals surface area contributed by atoms with Crippen LogP contribution in [0.5, 0.6) is 0 Å².